The summed E-state index contributed by atoms with van der Waals surface area (Å²) in [7, 11) is 1.90. The molecule has 0 rings (SSSR count). The third kappa shape index (κ3) is 6.54. The molecule has 0 aromatic heterocycles. The third-order valence-corrected chi connectivity index (χ3v) is 1.83. The Bertz CT molecular complexity index is 150. The van der Waals surface area contributed by atoms with Crippen molar-refractivity contribution in [3.05, 3.63) is 0 Å². The summed E-state index contributed by atoms with van der Waals surface area (Å²) < 4.78 is 5.16. The van der Waals surface area contributed by atoms with Gasteiger partial charge in [-0.25, -0.2) is 0 Å². The molecule has 1 atom stereocenters. The van der Waals surface area contributed by atoms with Gasteiger partial charge in [0.15, 0.2) is 0 Å². The molecule has 0 aromatic carbocycles. The minimum absolute atomic E-state index is 0.313. The molecule has 0 saturated heterocycles. The Kier molecular flexibility index (Phi) is 6.54. The molecule has 0 aromatic rings. The molecule has 0 amide bonds. The summed E-state index contributed by atoms with van der Waals surface area (Å²) in [6, 6.07) is 0. The Labute approximate surface area is 79.5 Å². The summed E-state index contributed by atoms with van der Waals surface area (Å²) in [4.78, 5) is 12.5. The molecule has 0 heterocycles. The minimum Gasteiger partial charge on any atom is -0.481 e. The summed E-state index contributed by atoms with van der Waals surface area (Å²) in [5, 5.41) is 8.64. The van der Waals surface area contributed by atoms with Gasteiger partial charge in [-0.2, -0.15) is 0 Å². The van der Waals surface area contributed by atoms with E-state index >= 15 is 0 Å². The highest BCUT2D eigenvalue weighted by Gasteiger charge is 2.12. The van der Waals surface area contributed by atoms with Crippen LogP contribution in [-0.4, -0.2) is 49.3 Å². The second-order valence-electron chi connectivity index (χ2n) is 3.20. The van der Waals surface area contributed by atoms with Crippen LogP contribution in [0.4, 0.5) is 0 Å². The number of carbonyl (C=O) groups is 1. The third-order valence-electron chi connectivity index (χ3n) is 1.83. The zero-order valence-corrected chi connectivity index (χ0v) is 8.62. The van der Waals surface area contributed by atoms with Crippen molar-refractivity contribution in [2.45, 2.75) is 13.8 Å². The van der Waals surface area contributed by atoms with Gasteiger partial charge in [-0.15, -0.1) is 0 Å². The summed E-state index contributed by atoms with van der Waals surface area (Å²) in [5.74, 6) is -1.06. The minimum atomic E-state index is -0.747. The Morgan fingerprint density at radius 3 is 2.69 bits per heavy atom. The summed E-state index contributed by atoms with van der Waals surface area (Å²) >= 11 is 0. The summed E-state index contributed by atoms with van der Waals surface area (Å²) in [6.07, 6.45) is 0. The fourth-order valence-electron chi connectivity index (χ4n) is 1.00. The SMILES string of the molecule is CCOCCN(C)CC(C)C(=O)O. The van der Waals surface area contributed by atoms with E-state index in [1.165, 1.54) is 0 Å². The zero-order chi connectivity index (χ0) is 10.3. The van der Waals surface area contributed by atoms with Gasteiger partial charge in [0.25, 0.3) is 0 Å². The molecule has 0 aliphatic carbocycles. The van der Waals surface area contributed by atoms with Gasteiger partial charge in [0.1, 0.15) is 0 Å². The Balaban J connectivity index is 3.49. The van der Waals surface area contributed by atoms with Crippen molar-refractivity contribution in [3.8, 4) is 0 Å². The maximum absolute atomic E-state index is 10.5. The second kappa shape index (κ2) is 6.86. The average molecular weight is 189 g/mol. The quantitative estimate of drug-likeness (QED) is 0.598. The predicted octanol–water partition coefficient (Wildman–Crippen LogP) is 0.675. The Morgan fingerprint density at radius 1 is 1.62 bits per heavy atom. The topological polar surface area (TPSA) is 49.8 Å². The maximum atomic E-state index is 10.5. The monoisotopic (exact) mass is 189 g/mol. The first-order chi connectivity index (χ1) is 6.07. The van der Waals surface area contributed by atoms with Crippen molar-refractivity contribution in [1.82, 2.24) is 4.90 Å². The number of carboxylic acids is 1. The van der Waals surface area contributed by atoms with Crippen molar-refractivity contribution in [1.29, 1.82) is 0 Å². The van der Waals surface area contributed by atoms with Crippen LogP contribution in [-0.2, 0) is 9.53 Å². The van der Waals surface area contributed by atoms with Crippen LogP contribution < -0.4 is 0 Å². The van der Waals surface area contributed by atoms with Gasteiger partial charge >= 0.3 is 5.97 Å². The normalized spacial score (nSPS) is 13.2. The van der Waals surface area contributed by atoms with Crippen molar-refractivity contribution in [2.75, 3.05) is 33.4 Å². The van der Waals surface area contributed by atoms with Gasteiger partial charge in [0.05, 0.1) is 12.5 Å². The molecule has 0 spiro atoms. The van der Waals surface area contributed by atoms with E-state index in [4.69, 9.17) is 9.84 Å². The Morgan fingerprint density at radius 2 is 2.23 bits per heavy atom. The van der Waals surface area contributed by atoms with E-state index in [1.54, 1.807) is 6.92 Å². The lowest BCUT2D eigenvalue weighted by Gasteiger charge is -2.18. The molecule has 0 aliphatic rings. The molecule has 4 nitrogen and oxygen atoms in total. The van der Waals surface area contributed by atoms with Gasteiger partial charge in [-0.3, -0.25) is 4.79 Å². The van der Waals surface area contributed by atoms with Crippen LogP contribution in [0.2, 0.25) is 0 Å². The molecular formula is C9H19NO3. The molecule has 0 aliphatic heterocycles. The van der Waals surface area contributed by atoms with E-state index in [0.29, 0.717) is 19.8 Å². The lowest BCUT2D eigenvalue weighted by Crippen LogP contribution is -2.31. The van der Waals surface area contributed by atoms with E-state index in [-0.39, 0.29) is 5.92 Å². The van der Waals surface area contributed by atoms with Crippen molar-refractivity contribution in [3.63, 3.8) is 0 Å². The van der Waals surface area contributed by atoms with Crippen molar-refractivity contribution in [2.24, 2.45) is 5.92 Å². The van der Waals surface area contributed by atoms with Gasteiger partial charge in [-0.1, -0.05) is 6.92 Å². The summed E-state index contributed by atoms with van der Waals surface area (Å²) in [5.41, 5.74) is 0. The van der Waals surface area contributed by atoms with Crippen LogP contribution in [0.5, 0.6) is 0 Å². The number of nitrogens with zero attached hydrogens (tertiary/aromatic N) is 1. The Hall–Kier alpha value is -0.610. The van der Waals surface area contributed by atoms with E-state index in [0.717, 1.165) is 6.54 Å². The van der Waals surface area contributed by atoms with Crippen LogP contribution in [0.1, 0.15) is 13.8 Å². The van der Waals surface area contributed by atoms with Crippen molar-refractivity contribution < 1.29 is 14.6 Å². The molecule has 0 fully saturated rings. The smallest absolute Gasteiger partial charge is 0.307 e. The highest BCUT2D eigenvalue weighted by Crippen LogP contribution is 1.97. The maximum Gasteiger partial charge on any atom is 0.307 e. The van der Waals surface area contributed by atoms with Crippen LogP contribution >= 0.6 is 0 Å². The predicted molar refractivity (Wildman–Crippen MR) is 50.8 cm³/mol. The van der Waals surface area contributed by atoms with E-state index in [9.17, 15) is 4.79 Å². The average Bonchev–Trinajstić information content (AvgIpc) is 2.04. The van der Waals surface area contributed by atoms with Gasteiger partial charge in [0, 0.05) is 19.7 Å². The van der Waals surface area contributed by atoms with Crippen molar-refractivity contribution >= 4 is 5.97 Å². The number of hydrogen-bond acceptors (Lipinski definition) is 3. The first kappa shape index (κ1) is 12.4. The lowest BCUT2D eigenvalue weighted by molar-refractivity contribution is -0.141. The molecule has 0 radical (unpaired) electrons. The number of ether oxygens (including phenoxy) is 1. The number of carboxylic acid groups (broad SMARTS) is 1. The number of likely N-dealkylation sites (N-methyl/N-ethyl adjacent to an activating group) is 1. The lowest BCUT2D eigenvalue weighted by atomic mass is 10.2. The van der Waals surface area contributed by atoms with Crippen LogP contribution in [0.15, 0.2) is 0 Å². The number of hydrogen-bond donors (Lipinski definition) is 1. The highest BCUT2D eigenvalue weighted by atomic mass is 16.5. The first-order valence-electron chi connectivity index (χ1n) is 4.57. The molecule has 13 heavy (non-hydrogen) atoms. The van der Waals surface area contributed by atoms with Crippen LogP contribution in [0, 0.1) is 5.92 Å². The highest BCUT2D eigenvalue weighted by molar-refractivity contribution is 5.69. The van der Waals surface area contributed by atoms with Crippen LogP contribution in [0.25, 0.3) is 0 Å². The molecule has 78 valence electrons. The molecule has 0 bridgehead atoms. The van der Waals surface area contributed by atoms with Gasteiger partial charge in [0.2, 0.25) is 0 Å². The fraction of sp³-hybridized carbons (Fsp3) is 0.889. The first-order valence-corrected chi connectivity index (χ1v) is 4.57. The zero-order valence-electron chi connectivity index (χ0n) is 8.62. The van der Waals surface area contributed by atoms with Gasteiger partial charge < -0.3 is 14.7 Å². The van der Waals surface area contributed by atoms with E-state index in [1.807, 2.05) is 18.9 Å². The molecule has 0 saturated carbocycles. The number of aliphatic carboxylic acids is 1. The van der Waals surface area contributed by atoms with E-state index in [2.05, 4.69) is 0 Å². The van der Waals surface area contributed by atoms with Crippen LogP contribution in [0.3, 0.4) is 0 Å². The molecule has 1 unspecified atom stereocenters. The van der Waals surface area contributed by atoms with Gasteiger partial charge in [-0.05, 0) is 14.0 Å². The second-order valence-corrected chi connectivity index (χ2v) is 3.20. The standard InChI is InChI=1S/C9H19NO3/c1-4-13-6-5-10(3)7-8(2)9(11)12/h8H,4-7H2,1-3H3,(H,11,12). The summed E-state index contributed by atoms with van der Waals surface area (Å²) in [6.45, 7) is 6.38. The largest absolute Gasteiger partial charge is 0.481 e. The molecular weight excluding hydrogens is 170 g/mol. The van der Waals surface area contributed by atoms with E-state index < -0.39 is 5.97 Å². The number of rotatable bonds is 7. The fourth-order valence-corrected chi connectivity index (χ4v) is 1.00. The molecule has 4 heteroatoms. The molecule has 1 N–H and O–H groups in total.